The fraction of sp³-hybridized carbons (Fsp3) is 0.333. The van der Waals surface area contributed by atoms with Gasteiger partial charge in [0.15, 0.2) is 6.61 Å². The van der Waals surface area contributed by atoms with E-state index >= 15 is 0 Å². The van der Waals surface area contributed by atoms with E-state index in [0.717, 1.165) is 19.3 Å². The van der Waals surface area contributed by atoms with Crippen LogP contribution >= 0.6 is 0 Å². The summed E-state index contributed by atoms with van der Waals surface area (Å²) in [5.41, 5.74) is 1.10. The number of hydrogen-bond donors (Lipinski definition) is 2. The van der Waals surface area contributed by atoms with Crippen LogP contribution < -0.4 is 5.32 Å². The lowest BCUT2D eigenvalue weighted by Gasteiger charge is -2.26. The van der Waals surface area contributed by atoms with E-state index in [1.165, 1.54) is 40.7 Å². The SMILES string of the molecule is Cc1ccc(S(=O)(=O)N2CCCCC2)cc1C(=O)OCC(=O)Nc1ccc(O)cc1. The summed E-state index contributed by atoms with van der Waals surface area (Å²) in [6.07, 6.45) is 2.63. The topological polar surface area (TPSA) is 113 Å². The van der Waals surface area contributed by atoms with Crippen molar-refractivity contribution >= 4 is 27.6 Å². The number of benzene rings is 2. The molecule has 0 atom stereocenters. The zero-order chi connectivity index (χ0) is 21.7. The standard InChI is InChI=1S/C21H24N2O6S/c1-15-5-10-18(30(27,28)23-11-3-2-4-12-23)13-19(15)21(26)29-14-20(25)22-16-6-8-17(24)9-7-16/h5-10,13,24H,2-4,11-12,14H2,1H3,(H,22,25). The smallest absolute Gasteiger partial charge is 0.338 e. The van der Waals surface area contributed by atoms with Gasteiger partial charge in [-0.25, -0.2) is 13.2 Å². The number of carbonyl (C=O) groups is 2. The molecular weight excluding hydrogens is 408 g/mol. The lowest BCUT2D eigenvalue weighted by Crippen LogP contribution is -2.35. The van der Waals surface area contributed by atoms with Gasteiger partial charge in [0.25, 0.3) is 5.91 Å². The Morgan fingerprint density at radius 1 is 1.07 bits per heavy atom. The van der Waals surface area contributed by atoms with E-state index in [0.29, 0.717) is 24.3 Å². The molecule has 2 aromatic rings. The molecule has 30 heavy (non-hydrogen) atoms. The molecule has 1 aliphatic heterocycles. The maximum absolute atomic E-state index is 12.9. The van der Waals surface area contributed by atoms with Gasteiger partial charge < -0.3 is 15.2 Å². The van der Waals surface area contributed by atoms with E-state index in [4.69, 9.17) is 4.74 Å². The highest BCUT2D eigenvalue weighted by molar-refractivity contribution is 7.89. The number of esters is 1. The highest BCUT2D eigenvalue weighted by atomic mass is 32.2. The van der Waals surface area contributed by atoms with E-state index in [1.807, 2.05) is 0 Å². The van der Waals surface area contributed by atoms with E-state index in [1.54, 1.807) is 13.0 Å². The van der Waals surface area contributed by atoms with Gasteiger partial charge in [0.2, 0.25) is 10.0 Å². The Morgan fingerprint density at radius 3 is 2.40 bits per heavy atom. The molecule has 2 aromatic carbocycles. The minimum Gasteiger partial charge on any atom is -0.508 e. The van der Waals surface area contributed by atoms with Crippen LogP contribution in [0.5, 0.6) is 5.75 Å². The Balaban J connectivity index is 1.67. The van der Waals surface area contributed by atoms with Gasteiger partial charge in [0, 0.05) is 18.8 Å². The van der Waals surface area contributed by atoms with Crippen LogP contribution in [-0.4, -0.2) is 49.4 Å². The van der Waals surface area contributed by atoms with Crippen LogP contribution in [0.2, 0.25) is 0 Å². The van der Waals surface area contributed by atoms with Gasteiger partial charge in [0.05, 0.1) is 10.5 Å². The normalized spacial score (nSPS) is 14.8. The van der Waals surface area contributed by atoms with Crippen molar-refractivity contribution in [3.63, 3.8) is 0 Å². The average molecular weight is 432 g/mol. The number of piperidine rings is 1. The van der Waals surface area contributed by atoms with Gasteiger partial charge in [-0.05, 0) is 61.7 Å². The predicted molar refractivity (Wildman–Crippen MR) is 111 cm³/mol. The van der Waals surface area contributed by atoms with Gasteiger partial charge >= 0.3 is 5.97 Å². The van der Waals surface area contributed by atoms with Gasteiger partial charge in [0.1, 0.15) is 5.75 Å². The molecule has 1 aliphatic rings. The Bertz CT molecular complexity index is 1030. The second kappa shape index (κ2) is 9.27. The molecule has 0 unspecified atom stereocenters. The molecule has 3 rings (SSSR count). The average Bonchev–Trinajstić information content (AvgIpc) is 2.74. The first-order valence-corrected chi connectivity index (χ1v) is 11.1. The number of nitrogens with one attached hydrogen (secondary N) is 1. The Morgan fingerprint density at radius 2 is 1.73 bits per heavy atom. The fourth-order valence-corrected chi connectivity index (χ4v) is 4.73. The maximum Gasteiger partial charge on any atom is 0.338 e. The molecule has 1 fully saturated rings. The summed E-state index contributed by atoms with van der Waals surface area (Å²) >= 11 is 0. The number of sulfonamides is 1. The van der Waals surface area contributed by atoms with Crippen molar-refractivity contribution in [2.75, 3.05) is 25.0 Å². The largest absolute Gasteiger partial charge is 0.508 e. The van der Waals surface area contributed by atoms with Gasteiger partial charge in [-0.2, -0.15) is 4.31 Å². The van der Waals surface area contributed by atoms with E-state index in [9.17, 15) is 23.1 Å². The third-order valence-corrected chi connectivity index (χ3v) is 6.76. The lowest BCUT2D eigenvalue weighted by atomic mass is 10.1. The highest BCUT2D eigenvalue weighted by Crippen LogP contribution is 2.23. The van der Waals surface area contributed by atoms with Crippen LogP contribution in [0.4, 0.5) is 5.69 Å². The molecule has 0 aliphatic carbocycles. The number of aryl methyl sites for hydroxylation is 1. The number of anilines is 1. The molecule has 1 heterocycles. The second-order valence-corrected chi connectivity index (χ2v) is 9.05. The van der Waals surface area contributed by atoms with Crippen LogP contribution in [0.15, 0.2) is 47.4 Å². The minimum atomic E-state index is -3.68. The number of aromatic hydroxyl groups is 1. The van der Waals surface area contributed by atoms with E-state index in [-0.39, 0.29) is 16.2 Å². The lowest BCUT2D eigenvalue weighted by molar-refractivity contribution is -0.119. The van der Waals surface area contributed by atoms with Crippen molar-refractivity contribution in [3.05, 3.63) is 53.6 Å². The zero-order valence-electron chi connectivity index (χ0n) is 16.6. The molecule has 0 saturated carbocycles. The number of carbonyl (C=O) groups excluding carboxylic acids is 2. The number of ether oxygens (including phenoxy) is 1. The highest BCUT2D eigenvalue weighted by Gasteiger charge is 2.27. The van der Waals surface area contributed by atoms with Crippen molar-refractivity contribution in [2.45, 2.75) is 31.1 Å². The second-order valence-electron chi connectivity index (χ2n) is 7.11. The molecule has 0 radical (unpaired) electrons. The number of phenolic OH excluding ortho intramolecular Hbond substituents is 1. The van der Waals surface area contributed by atoms with Crippen molar-refractivity contribution in [3.8, 4) is 5.75 Å². The van der Waals surface area contributed by atoms with Crippen LogP contribution in [0.1, 0.15) is 35.2 Å². The van der Waals surface area contributed by atoms with Gasteiger partial charge in [-0.15, -0.1) is 0 Å². The molecule has 8 nitrogen and oxygen atoms in total. The summed E-state index contributed by atoms with van der Waals surface area (Å²) in [6, 6.07) is 10.2. The van der Waals surface area contributed by atoms with Gasteiger partial charge in [-0.1, -0.05) is 12.5 Å². The number of phenols is 1. The summed E-state index contributed by atoms with van der Waals surface area (Å²) in [4.78, 5) is 24.5. The number of nitrogens with zero attached hydrogens (tertiary/aromatic N) is 1. The summed E-state index contributed by atoms with van der Waals surface area (Å²) in [6.45, 7) is 2.08. The third-order valence-electron chi connectivity index (χ3n) is 4.87. The summed E-state index contributed by atoms with van der Waals surface area (Å²) in [7, 11) is -3.68. The molecule has 1 amide bonds. The molecule has 2 N–H and O–H groups in total. The molecule has 0 spiro atoms. The molecule has 0 bridgehead atoms. The van der Waals surface area contributed by atoms with Crippen LogP contribution in [0.25, 0.3) is 0 Å². The summed E-state index contributed by atoms with van der Waals surface area (Å²) in [5, 5.41) is 11.8. The quantitative estimate of drug-likeness (QED) is 0.536. The van der Waals surface area contributed by atoms with Crippen LogP contribution in [-0.2, 0) is 19.6 Å². The van der Waals surface area contributed by atoms with Crippen molar-refractivity contribution in [1.82, 2.24) is 4.31 Å². The third kappa shape index (κ3) is 5.17. The van der Waals surface area contributed by atoms with E-state index in [2.05, 4.69) is 5.32 Å². The first kappa shape index (κ1) is 21.8. The van der Waals surface area contributed by atoms with Crippen LogP contribution in [0.3, 0.4) is 0 Å². The number of hydrogen-bond acceptors (Lipinski definition) is 6. The van der Waals surface area contributed by atoms with Crippen LogP contribution in [0, 0.1) is 6.92 Å². The Labute approximate surface area is 175 Å². The number of rotatable bonds is 6. The first-order chi connectivity index (χ1) is 14.3. The minimum absolute atomic E-state index is 0.0375. The molecule has 0 aromatic heterocycles. The molecule has 1 saturated heterocycles. The summed E-state index contributed by atoms with van der Waals surface area (Å²) < 4.78 is 32.2. The Kier molecular flexibility index (Phi) is 6.73. The molecular formula is C21H24N2O6S. The maximum atomic E-state index is 12.9. The van der Waals surface area contributed by atoms with Crippen molar-refractivity contribution in [1.29, 1.82) is 0 Å². The first-order valence-electron chi connectivity index (χ1n) is 9.64. The molecule has 160 valence electrons. The summed E-state index contributed by atoms with van der Waals surface area (Å²) in [5.74, 6) is -1.26. The number of amides is 1. The van der Waals surface area contributed by atoms with Gasteiger partial charge in [-0.3, -0.25) is 4.79 Å². The molecule has 9 heteroatoms. The predicted octanol–water partition coefficient (Wildman–Crippen LogP) is 2.67. The Hall–Kier alpha value is -2.91. The fourth-order valence-electron chi connectivity index (χ4n) is 3.19. The zero-order valence-corrected chi connectivity index (χ0v) is 17.4. The monoisotopic (exact) mass is 432 g/mol. The van der Waals surface area contributed by atoms with E-state index < -0.39 is 28.5 Å². The van der Waals surface area contributed by atoms with Crippen molar-refractivity contribution < 1.29 is 27.9 Å². The van der Waals surface area contributed by atoms with Crippen molar-refractivity contribution in [2.24, 2.45) is 0 Å².